The number of rotatable bonds is 7. The van der Waals surface area contributed by atoms with Crippen molar-refractivity contribution in [2.45, 2.75) is 26.3 Å². The third-order valence-electron chi connectivity index (χ3n) is 5.64. The second-order valence-corrected chi connectivity index (χ2v) is 8.58. The maximum atomic E-state index is 13.5. The summed E-state index contributed by atoms with van der Waals surface area (Å²) < 4.78 is 1.70. The van der Waals surface area contributed by atoms with Crippen molar-refractivity contribution in [1.82, 2.24) is 24.6 Å². The van der Waals surface area contributed by atoms with Crippen LogP contribution >= 0.6 is 23.2 Å². The Balaban J connectivity index is 1.58. The molecule has 0 saturated carbocycles. The van der Waals surface area contributed by atoms with Gasteiger partial charge in [0.1, 0.15) is 0 Å². The van der Waals surface area contributed by atoms with E-state index in [0.717, 1.165) is 30.9 Å². The van der Waals surface area contributed by atoms with Crippen molar-refractivity contribution in [3.63, 3.8) is 0 Å². The first kappa shape index (κ1) is 21.8. The fourth-order valence-corrected chi connectivity index (χ4v) is 4.20. The summed E-state index contributed by atoms with van der Waals surface area (Å²) in [5, 5.41) is 5.42. The number of hydrogen-bond donors (Lipinski definition) is 0. The Morgan fingerprint density at radius 1 is 1.13 bits per heavy atom. The molecule has 1 fully saturated rings. The number of pyridine rings is 1. The Bertz CT molecular complexity index is 1050. The van der Waals surface area contributed by atoms with Crippen LogP contribution in [0.15, 0.2) is 48.8 Å². The number of nitrogens with zero attached hydrogens (tertiary/aromatic N) is 5. The topological polar surface area (TPSA) is 54.3 Å². The average molecular weight is 458 g/mol. The predicted molar refractivity (Wildman–Crippen MR) is 123 cm³/mol. The van der Waals surface area contributed by atoms with E-state index in [1.54, 1.807) is 23.1 Å². The molecule has 0 atom stereocenters. The van der Waals surface area contributed by atoms with Gasteiger partial charge in [-0.1, -0.05) is 35.3 Å². The highest BCUT2D eigenvalue weighted by Crippen LogP contribution is 2.24. The minimum atomic E-state index is -0.0510. The van der Waals surface area contributed by atoms with E-state index in [0.29, 0.717) is 34.5 Å². The number of hydrogen-bond acceptors (Lipinski definition) is 4. The van der Waals surface area contributed by atoms with Crippen molar-refractivity contribution in [3.8, 4) is 5.82 Å². The van der Waals surface area contributed by atoms with Crippen LogP contribution in [-0.4, -0.2) is 56.7 Å². The number of benzene rings is 1. The monoisotopic (exact) mass is 457 g/mol. The minimum Gasteiger partial charge on any atom is -0.333 e. The summed E-state index contributed by atoms with van der Waals surface area (Å²) in [5.41, 5.74) is 2.29. The predicted octanol–water partition coefficient (Wildman–Crippen LogP) is 4.62. The van der Waals surface area contributed by atoms with Gasteiger partial charge in [0.15, 0.2) is 5.82 Å². The van der Waals surface area contributed by atoms with Crippen LogP contribution < -0.4 is 0 Å². The van der Waals surface area contributed by atoms with Gasteiger partial charge in [0.25, 0.3) is 5.91 Å². The molecule has 0 aliphatic carbocycles. The van der Waals surface area contributed by atoms with Crippen LogP contribution in [0.4, 0.5) is 0 Å². The summed E-state index contributed by atoms with van der Waals surface area (Å²) in [5.74, 6) is 0.636. The van der Waals surface area contributed by atoms with E-state index >= 15 is 0 Å². The average Bonchev–Trinajstić information content (AvgIpc) is 3.43. The SMILES string of the molecule is Cc1c(C(=O)N(CCN2CCCC2)Cc2ccc(Cl)c(Cl)c2)cnn1-c1ccccn1. The van der Waals surface area contributed by atoms with Crippen molar-refractivity contribution in [2.75, 3.05) is 26.2 Å². The fourth-order valence-electron chi connectivity index (χ4n) is 3.88. The third kappa shape index (κ3) is 5.09. The van der Waals surface area contributed by atoms with E-state index in [-0.39, 0.29) is 5.91 Å². The lowest BCUT2D eigenvalue weighted by molar-refractivity contribution is 0.0726. The third-order valence-corrected chi connectivity index (χ3v) is 6.38. The van der Waals surface area contributed by atoms with Crippen LogP contribution in [-0.2, 0) is 6.54 Å². The quantitative estimate of drug-likeness (QED) is 0.519. The summed E-state index contributed by atoms with van der Waals surface area (Å²) in [6.45, 7) is 6.01. The zero-order valence-corrected chi connectivity index (χ0v) is 19.0. The zero-order valence-electron chi connectivity index (χ0n) is 17.5. The summed E-state index contributed by atoms with van der Waals surface area (Å²) in [6.07, 6.45) is 5.78. The van der Waals surface area contributed by atoms with Gasteiger partial charge >= 0.3 is 0 Å². The summed E-state index contributed by atoms with van der Waals surface area (Å²) >= 11 is 12.3. The lowest BCUT2D eigenvalue weighted by Crippen LogP contribution is -2.37. The number of carbonyl (C=O) groups excluding carboxylic acids is 1. The number of carbonyl (C=O) groups is 1. The molecule has 1 saturated heterocycles. The first-order chi connectivity index (χ1) is 15.0. The first-order valence-corrected chi connectivity index (χ1v) is 11.2. The Labute approximate surface area is 192 Å². The van der Waals surface area contributed by atoms with Crippen molar-refractivity contribution >= 4 is 29.1 Å². The van der Waals surface area contributed by atoms with Crippen LogP contribution in [0.1, 0.15) is 34.5 Å². The molecule has 0 radical (unpaired) electrons. The molecule has 2 aromatic heterocycles. The van der Waals surface area contributed by atoms with Crippen molar-refractivity contribution in [2.24, 2.45) is 0 Å². The molecule has 162 valence electrons. The van der Waals surface area contributed by atoms with E-state index in [9.17, 15) is 4.79 Å². The van der Waals surface area contributed by atoms with E-state index in [2.05, 4.69) is 15.0 Å². The van der Waals surface area contributed by atoms with Gasteiger partial charge < -0.3 is 9.80 Å². The molecule has 1 aromatic carbocycles. The molecule has 1 aliphatic heterocycles. The molecule has 31 heavy (non-hydrogen) atoms. The van der Waals surface area contributed by atoms with Gasteiger partial charge in [-0.25, -0.2) is 9.67 Å². The summed E-state index contributed by atoms with van der Waals surface area (Å²) in [4.78, 5) is 22.2. The van der Waals surface area contributed by atoms with Crippen LogP contribution in [0.5, 0.6) is 0 Å². The molecule has 0 spiro atoms. The first-order valence-electron chi connectivity index (χ1n) is 10.4. The van der Waals surface area contributed by atoms with E-state index in [1.165, 1.54) is 12.8 Å². The van der Waals surface area contributed by atoms with Gasteiger partial charge in [-0.2, -0.15) is 5.10 Å². The van der Waals surface area contributed by atoms with Crippen molar-refractivity contribution in [3.05, 3.63) is 75.7 Å². The smallest absolute Gasteiger partial charge is 0.257 e. The lowest BCUT2D eigenvalue weighted by atomic mass is 10.1. The van der Waals surface area contributed by atoms with E-state index < -0.39 is 0 Å². The molecule has 3 aromatic rings. The molecular formula is C23H25Cl2N5O. The second-order valence-electron chi connectivity index (χ2n) is 7.77. The van der Waals surface area contributed by atoms with Crippen LogP contribution in [0, 0.1) is 6.92 Å². The van der Waals surface area contributed by atoms with Gasteiger partial charge in [-0.05, 0) is 62.7 Å². The Morgan fingerprint density at radius 3 is 2.65 bits per heavy atom. The molecule has 0 unspecified atom stereocenters. The molecule has 8 heteroatoms. The number of aromatic nitrogens is 3. The normalized spacial score (nSPS) is 14.2. The molecular weight excluding hydrogens is 433 g/mol. The van der Waals surface area contributed by atoms with Crippen LogP contribution in [0.2, 0.25) is 10.0 Å². The molecule has 4 rings (SSSR count). The molecule has 1 aliphatic rings. The number of amides is 1. The van der Waals surface area contributed by atoms with Crippen LogP contribution in [0.3, 0.4) is 0 Å². The summed E-state index contributed by atoms with van der Waals surface area (Å²) in [6, 6.07) is 11.1. The van der Waals surface area contributed by atoms with Gasteiger partial charge in [0, 0.05) is 25.8 Å². The van der Waals surface area contributed by atoms with E-state index in [1.807, 2.05) is 42.2 Å². The Kier molecular flexibility index (Phi) is 6.90. The highest BCUT2D eigenvalue weighted by atomic mass is 35.5. The molecule has 6 nitrogen and oxygen atoms in total. The largest absolute Gasteiger partial charge is 0.333 e. The standard InChI is InChI=1S/C23H25Cl2N5O/c1-17-19(15-27-30(17)22-6-2-3-9-26-22)23(31)29(13-12-28-10-4-5-11-28)16-18-7-8-20(24)21(25)14-18/h2-3,6-9,14-15H,4-5,10-13,16H2,1H3. The van der Waals surface area contributed by atoms with Crippen molar-refractivity contribution < 1.29 is 4.79 Å². The lowest BCUT2D eigenvalue weighted by Gasteiger charge is -2.26. The van der Waals surface area contributed by atoms with Crippen molar-refractivity contribution in [1.29, 1.82) is 0 Å². The highest BCUT2D eigenvalue weighted by molar-refractivity contribution is 6.42. The Morgan fingerprint density at radius 2 is 1.94 bits per heavy atom. The molecule has 0 bridgehead atoms. The number of likely N-dealkylation sites (tertiary alicyclic amines) is 1. The minimum absolute atomic E-state index is 0.0510. The zero-order chi connectivity index (χ0) is 21.8. The van der Waals surface area contributed by atoms with Crippen LogP contribution in [0.25, 0.3) is 5.82 Å². The summed E-state index contributed by atoms with van der Waals surface area (Å²) in [7, 11) is 0. The molecule has 3 heterocycles. The van der Waals surface area contributed by atoms with Gasteiger partial charge in [-0.15, -0.1) is 0 Å². The molecule has 1 amide bonds. The fraction of sp³-hybridized carbons (Fsp3) is 0.348. The maximum absolute atomic E-state index is 13.5. The second kappa shape index (κ2) is 9.81. The van der Waals surface area contributed by atoms with Gasteiger partial charge in [0.05, 0.1) is 27.5 Å². The highest BCUT2D eigenvalue weighted by Gasteiger charge is 2.23. The number of halogens is 2. The van der Waals surface area contributed by atoms with Gasteiger partial charge in [0.2, 0.25) is 0 Å². The van der Waals surface area contributed by atoms with Gasteiger partial charge in [-0.3, -0.25) is 4.79 Å². The Hall–Kier alpha value is -2.41. The maximum Gasteiger partial charge on any atom is 0.257 e. The molecule has 0 N–H and O–H groups in total. The van der Waals surface area contributed by atoms with E-state index in [4.69, 9.17) is 23.2 Å².